The van der Waals surface area contributed by atoms with Crippen molar-refractivity contribution in [2.75, 3.05) is 0 Å². The minimum absolute atomic E-state index is 0.0724. The van der Waals surface area contributed by atoms with Crippen molar-refractivity contribution >= 4 is 5.84 Å². The Kier molecular flexibility index (Phi) is 2.21. The molecule has 2 rings (SSSR count). The van der Waals surface area contributed by atoms with Crippen molar-refractivity contribution in [2.45, 2.75) is 6.92 Å². The number of nitrogen functional groups attached to an aromatic ring is 1. The predicted molar refractivity (Wildman–Crippen MR) is 57.1 cm³/mol. The molecule has 1 heterocycles. The molecule has 1 aromatic heterocycles. The van der Waals surface area contributed by atoms with Gasteiger partial charge in [-0.05, 0) is 30.7 Å². The van der Waals surface area contributed by atoms with Crippen LogP contribution in [-0.2, 0) is 0 Å². The first-order chi connectivity index (χ1) is 7.18. The second-order valence-corrected chi connectivity index (χ2v) is 3.25. The van der Waals surface area contributed by atoms with Crippen LogP contribution in [0.2, 0.25) is 0 Å². The molecule has 15 heavy (non-hydrogen) atoms. The number of aromatic nitrogens is 3. The number of benzene rings is 1. The van der Waals surface area contributed by atoms with Gasteiger partial charge >= 0.3 is 0 Å². The highest BCUT2D eigenvalue weighted by Crippen LogP contribution is 2.14. The van der Waals surface area contributed by atoms with Gasteiger partial charge < -0.3 is 5.73 Å². The largest absolute Gasteiger partial charge is 0.384 e. The molecular weight excluding hydrogens is 190 g/mol. The summed E-state index contributed by atoms with van der Waals surface area (Å²) in [5, 5.41) is 11.4. The summed E-state index contributed by atoms with van der Waals surface area (Å²) in [4.78, 5) is 3.88. The van der Waals surface area contributed by atoms with Crippen LogP contribution in [0.4, 0.5) is 0 Å². The Morgan fingerprint density at radius 1 is 1.47 bits per heavy atom. The van der Waals surface area contributed by atoms with E-state index < -0.39 is 0 Å². The third-order valence-electron chi connectivity index (χ3n) is 2.17. The fourth-order valence-electron chi connectivity index (χ4n) is 1.41. The van der Waals surface area contributed by atoms with E-state index in [1.807, 2.05) is 19.1 Å². The van der Waals surface area contributed by atoms with Gasteiger partial charge in [-0.1, -0.05) is 0 Å². The minimum Gasteiger partial charge on any atom is -0.384 e. The van der Waals surface area contributed by atoms with Gasteiger partial charge in [0.25, 0.3) is 0 Å². The molecule has 76 valence electrons. The monoisotopic (exact) mass is 201 g/mol. The topological polar surface area (TPSA) is 80.6 Å². The van der Waals surface area contributed by atoms with Gasteiger partial charge in [-0.2, -0.15) is 5.10 Å². The van der Waals surface area contributed by atoms with E-state index in [1.54, 1.807) is 17.1 Å². The Bertz CT molecular complexity index is 487. The van der Waals surface area contributed by atoms with Crippen LogP contribution >= 0.6 is 0 Å². The summed E-state index contributed by atoms with van der Waals surface area (Å²) in [6, 6.07) is 5.53. The van der Waals surface area contributed by atoms with Crippen molar-refractivity contribution in [1.82, 2.24) is 14.8 Å². The lowest BCUT2D eigenvalue weighted by atomic mass is 10.1. The lowest BCUT2D eigenvalue weighted by Crippen LogP contribution is -2.11. The molecule has 2 aromatic rings. The van der Waals surface area contributed by atoms with E-state index in [9.17, 15) is 0 Å². The molecule has 0 aliphatic heterocycles. The van der Waals surface area contributed by atoms with E-state index in [0.717, 1.165) is 16.8 Å². The summed E-state index contributed by atoms with van der Waals surface area (Å²) in [5.74, 6) is 0.0724. The van der Waals surface area contributed by atoms with E-state index in [0.29, 0.717) is 0 Å². The summed E-state index contributed by atoms with van der Waals surface area (Å²) in [7, 11) is 0. The van der Waals surface area contributed by atoms with Gasteiger partial charge in [0.2, 0.25) is 0 Å². The number of nitrogens with zero attached hydrogens (tertiary/aromatic N) is 3. The van der Waals surface area contributed by atoms with Crippen molar-refractivity contribution in [3.8, 4) is 5.69 Å². The van der Waals surface area contributed by atoms with Crippen LogP contribution in [0.3, 0.4) is 0 Å². The molecule has 0 saturated carbocycles. The molecule has 0 radical (unpaired) electrons. The molecule has 0 fully saturated rings. The Hall–Kier alpha value is -2.17. The number of hydrogen-bond acceptors (Lipinski definition) is 3. The highest BCUT2D eigenvalue weighted by molar-refractivity contribution is 5.95. The summed E-state index contributed by atoms with van der Waals surface area (Å²) in [6.45, 7) is 1.95. The standard InChI is InChI=1S/C10H11N5/c1-7-4-8(10(11)12)2-3-9(7)15-6-13-5-14-15/h2-6H,1H3,(H3,11,12). The number of nitrogens with one attached hydrogen (secondary N) is 1. The van der Waals surface area contributed by atoms with Crippen LogP contribution in [0.1, 0.15) is 11.1 Å². The van der Waals surface area contributed by atoms with Crippen LogP contribution in [0.25, 0.3) is 5.69 Å². The van der Waals surface area contributed by atoms with Crippen molar-refractivity contribution in [3.05, 3.63) is 42.0 Å². The fraction of sp³-hybridized carbons (Fsp3) is 0.100. The molecule has 0 spiro atoms. The van der Waals surface area contributed by atoms with E-state index in [2.05, 4.69) is 10.1 Å². The maximum atomic E-state index is 7.32. The fourth-order valence-corrected chi connectivity index (χ4v) is 1.41. The molecule has 5 nitrogen and oxygen atoms in total. The quantitative estimate of drug-likeness (QED) is 0.558. The summed E-state index contributed by atoms with van der Waals surface area (Å²) in [5.41, 5.74) is 8.07. The first kappa shape index (κ1) is 9.39. The number of amidine groups is 1. The molecule has 0 aliphatic rings. The molecule has 0 aliphatic carbocycles. The predicted octanol–water partition coefficient (Wildman–Crippen LogP) is 0.860. The van der Waals surface area contributed by atoms with Crippen LogP contribution in [0, 0.1) is 12.3 Å². The third-order valence-corrected chi connectivity index (χ3v) is 2.17. The second-order valence-electron chi connectivity index (χ2n) is 3.25. The SMILES string of the molecule is Cc1cc(C(=N)N)ccc1-n1cncn1. The molecular formula is C10H11N5. The zero-order valence-corrected chi connectivity index (χ0v) is 8.31. The van der Waals surface area contributed by atoms with Crippen LogP contribution in [0.5, 0.6) is 0 Å². The van der Waals surface area contributed by atoms with Crippen molar-refractivity contribution in [1.29, 1.82) is 5.41 Å². The van der Waals surface area contributed by atoms with Crippen molar-refractivity contribution in [3.63, 3.8) is 0 Å². The highest BCUT2D eigenvalue weighted by Gasteiger charge is 2.03. The molecule has 0 saturated heterocycles. The molecule has 0 unspecified atom stereocenters. The van der Waals surface area contributed by atoms with Gasteiger partial charge in [-0.25, -0.2) is 9.67 Å². The molecule has 0 bridgehead atoms. The molecule has 5 heteroatoms. The van der Waals surface area contributed by atoms with E-state index in [1.165, 1.54) is 6.33 Å². The smallest absolute Gasteiger partial charge is 0.138 e. The number of hydrogen-bond donors (Lipinski definition) is 2. The average Bonchev–Trinajstić information content (AvgIpc) is 2.70. The minimum atomic E-state index is 0.0724. The number of rotatable bonds is 2. The number of nitrogens with two attached hydrogens (primary N) is 1. The van der Waals surface area contributed by atoms with Gasteiger partial charge in [0, 0.05) is 5.56 Å². The Morgan fingerprint density at radius 3 is 2.80 bits per heavy atom. The van der Waals surface area contributed by atoms with Gasteiger partial charge in [0.15, 0.2) is 0 Å². The lowest BCUT2D eigenvalue weighted by Gasteiger charge is -2.06. The second kappa shape index (κ2) is 3.53. The van der Waals surface area contributed by atoms with E-state index >= 15 is 0 Å². The number of aryl methyl sites for hydroxylation is 1. The first-order valence-corrected chi connectivity index (χ1v) is 4.48. The van der Waals surface area contributed by atoms with Gasteiger partial charge in [0.05, 0.1) is 5.69 Å². The molecule has 0 atom stereocenters. The summed E-state index contributed by atoms with van der Waals surface area (Å²) < 4.78 is 1.68. The lowest BCUT2D eigenvalue weighted by molar-refractivity contribution is 0.871. The van der Waals surface area contributed by atoms with Crippen LogP contribution in [0.15, 0.2) is 30.9 Å². The Morgan fingerprint density at radius 2 is 2.27 bits per heavy atom. The van der Waals surface area contributed by atoms with Gasteiger partial charge in [-0.15, -0.1) is 0 Å². The molecule has 0 amide bonds. The normalized spacial score (nSPS) is 10.2. The zero-order valence-electron chi connectivity index (χ0n) is 8.31. The Labute approximate surface area is 87.1 Å². The maximum absolute atomic E-state index is 7.32. The van der Waals surface area contributed by atoms with E-state index in [-0.39, 0.29) is 5.84 Å². The third kappa shape index (κ3) is 1.71. The summed E-state index contributed by atoms with van der Waals surface area (Å²) in [6.07, 6.45) is 3.12. The molecule has 3 N–H and O–H groups in total. The maximum Gasteiger partial charge on any atom is 0.138 e. The van der Waals surface area contributed by atoms with Crippen LogP contribution in [-0.4, -0.2) is 20.6 Å². The zero-order chi connectivity index (χ0) is 10.8. The first-order valence-electron chi connectivity index (χ1n) is 4.48. The van der Waals surface area contributed by atoms with Gasteiger partial charge in [0.1, 0.15) is 18.5 Å². The van der Waals surface area contributed by atoms with Crippen molar-refractivity contribution in [2.24, 2.45) is 5.73 Å². The van der Waals surface area contributed by atoms with Gasteiger partial charge in [-0.3, -0.25) is 5.41 Å². The summed E-state index contributed by atoms with van der Waals surface area (Å²) >= 11 is 0. The average molecular weight is 201 g/mol. The van der Waals surface area contributed by atoms with Crippen LogP contribution < -0.4 is 5.73 Å². The molecule has 1 aromatic carbocycles. The highest BCUT2D eigenvalue weighted by atomic mass is 15.3. The van der Waals surface area contributed by atoms with Crippen molar-refractivity contribution < 1.29 is 0 Å². The van der Waals surface area contributed by atoms with E-state index in [4.69, 9.17) is 11.1 Å². The Balaban J connectivity index is 2.48.